The molecule has 0 saturated carbocycles. The highest BCUT2D eigenvalue weighted by Crippen LogP contribution is 2.21. The highest BCUT2D eigenvalue weighted by atomic mass is 35.5. The van der Waals surface area contributed by atoms with Gasteiger partial charge in [-0.15, -0.1) is 0 Å². The van der Waals surface area contributed by atoms with Crippen molar-refractivity contribution in [2.24, 2.45) is 0 Å². The summed E-state index contributed by atoms with van der Waals surface area (Å²) in [5.74, 6) is -0.101. The Morgan fingerprint density at radius 1 is 0.867 bits per heavy atom. The average molecular weight is 423 g/mol. The zero-order chi connectivity index (χ0) is 21.3. The average Bonchev–Trinajstić information content (AvgIpc) is 3.07. The topological polar surface area (TPSA) is 58.4 Å². The molecule has 1 aliphatic rings. The van der Waals surface area contributed by atoms with Crippen LogP contribution in [0.2, 0.25) is 5.02 Å². The zero-order valence-corrected chi connectivity index (χ0v) is 17.8. The number of amides is 2. The highest BCUT2D eigenvalue weighted by Gasteiger charge is 2.29. The van der Waals surface area contributed by atoms with Crippen molar-refractivity contribution in [3.8, 4) is 5.69 Å². The molecule has 1 aliphatic heterocycles. The first-order valence-electron chi connectivity index (χ1n) is 9.91. The van der Waals surface area contributed by atoms with Crippen LogP contribution in [-0.2, 0) is 0 Å². The first-order valence-corrected chi connectivity index (χ1v) is 10.3. The highest BCUT2D eigenvalue weighted by molar-refractivity contribution is 6.30. The molecule has 0 atom stereocenters. The maximum absolute atomic E-state index is 13.2. The molecule has 0 radical (unpaired) electrons. The van der Waals surface area contributed by atoms with Crippen LogP contribution in [0.5, 0.6) is 0 Å². The van der Waals surface area contributed by atoms with Crippen molar-refractivity contribution in [2.75, 3.05) is 26.2 Å². The molecule has 0 bridgehead atoms. The van der Waals surface area contributed by atoms with Gasteiger partial charge in [-0.1, -0.05) is 35.9 Å². The van der Waals surface area contributed by atoms with Gasteiger partial charge in [0.1, 0.15) is 0 Å². The van der Waals surface area contributed by atoms with E-state index in [1.165, 1.54) is 0 Å². The normalized spacial score (nSPS) is 14.1. The van der Waals surface area contributed by atoms with Crippen LogP contribution in [0, 0.1) is 13.8 Å². The fourth-order valence-corrected chi connectivity index (χ4v) is 4.04. The van der Waals surface area contributed by atoms with Crippen LogP contribution >= 0.6 is 11.6 Å². The van der Waals surface area contributed by atoms with E-state index in [1.807, 2.05) is 48.9 Å². The van der Waals surface area contributed by atoms with Crippen LogP contribution in [-0.4, -0.2) is 57.6 Å². The number of rotatable bonds is 3. The summed E-state index contributed by atoms with van der Waals surface area (Å²) in [4.78, 5) is 29.5. The molecule has 2 aromatic carbocycles. The molecular weight excluding hydrogens is 400 g/mol. The lowest BCUT2D eigenvalue weighted by molar-refractivity contribution is 0.0534. The second-order valence-electron chi connectivity index (χ2n) is 7.39. The van der Waals surface area contributed by atoms with E-state index in [-0.39, 0.29) is 11.8 Å². The number of aryl methyl sites for hydroxylation is 1. The van der Waals surface area contributed by atoms with E-state index in [9.17, 15) is 9.59 Å². The molecule has 1 aromatic heterocycles. The Kier molecular flexibility index (Phi) is 5.59. The number of benzene rings is 2. The van der Waals surface area contributed by atoms with E-state index < -0.39 is 0 Å². The number of para-hydroxylation sites is 1. The molecule has 7 heteroatoms. The van der Waals surface area contributed by atoms with Gasteiger partial charge in [-0.05, 0) is 44.2 Å². The summed E-state index contributed by atoms with van der Waals surface area (Å²) in [6.45, 7) is 5.73. The first kappa shape index (κ1) is 20.2. The molecule has 6 nitrogen and oxygen atoms in total. The summed E-state index contributed by atoms with van der Waals surface area (Å²) >= 11 is 6.00. The Balaban J connectivity index is 1.47. The van der Waals surface area contributed by atoms with Gasteiger partial charge in [-0.25, -0.2) is 4.68 Å². The molecule has 1 saturated heterocycles. The van der Waals surface area contributed by atoms with E-state index in [4.69, 9.17) is 11.6 Å². The molecule has 2 heterocycles. The van der Waals surface area contributed by atoms with Gasteiger partial charge in [0.15, 0.2) is 0 Å². The minimum absolute atomic E-state index is 0.0398. The van der Waals surface area contributed by atoms with Crippen molar-refractivity contribution in [3.63, 3.8) is 0 Å². The second-order valence-corrected chi connectivity index (χ2v) is 7.82. The van der Waals surface area contributed by atoms with Gasteiger partial charge < -0.3 is 9.80 Å². The van der Waals surface area contributed by atoms with Crippen molar-refractivity contribution in [1.29, 1.82) is 0 Å². The monoisotopic (exact) mass is 422 g/mol. The quantitative estimate of drug-likeness (QED) is 0.646. The van der Waals surface area contributed by atoms with Gasteiger partial charge in [0.05, 0.1) is 22.6 Å². The fourth-order valence-electron chi connectivity index (χ4n) is 3.85. The third-order valence-electron chi connectivity index (χ3n) is 5.43. The Labute approximate surface area is 180 Å². The number of carbonyl (C=O) groups excluding carboxylic acids is 2. The fraction of sp³-hybridized carbons (Fsp3) is 0.261. The van der Waals surface area contributed by atoms with Crippen molar-refractivity contribution in [1.82, 2.24) is 19.6 Å². The minimum Gasteiger partial charge on any atom is -0.335 e. The van der Waals surface area contributed by atoms with Crippen molar-refractivity contribution >= 4 is 23.4 Å². The van der Waals surface area contributed by atoms with Crippen LogP contribution in [0.1, 0.15) is 32.1 Å². The number of nitrogens with zero attached hydrogens (tertiary/aromatic N) is 4. The van der Waals surface area contributed by atoms with E-state index in [2.05, 4.69) is 5.10 Å². The van der Waals surface area contributed by atoms with Gasteiger partial charge >= 0.3 is 0 Å². The lowest BCUT2D eigenvalue weighted by Crippen LogP contribution is -2.50. The lowest BCUT2D eigenvalue weighted by Gasteiger charge is -2.35. The maximum atomic E-state index is 13.2. The largest absolute Gasteiger partial charge is 0.335 e. The van der Waals surface area contributed by atoms with E-state index in [1.54, 1.807) is 34.1 Å². The SMILES string of the molecule is Cc1nn(-c2ccccc2)c(C)c1C(=O)N1CCN(C(=O)c2cccc(Cl)c2)CC1. The lowest BCUT2D eigenvalue weighted by atomic mass is 10.1. The number of hydrogen-bond donors (Lipinski definition) is 0. The molecule has 1 fully saturated rings. The molecule has 0 unspecified atom stereocenters. The van der Waals surface area contributed by atoms with Gasteiger partial charge in [0, 0.05) is 36.8 Å². The number of piperazine rings is 1. The van der Waals surface area contributed by atoms with Gasteiger partial charge in [-0.2, -0.15) is 5.10 Å². The van der Waals surface area contributed by atoms with E-state index in [0.29, 0.717) is 48.0 Å². The molecule has 0 spiro atoms. The minimum atomic E-state index is -0.0612. The Bertz CT molecular complexity index is 1090. The molecule has 30 heavy (non-hydrogen) atoms. The third-order valence-corrected chi connectivity index (χ3v) is 5.67. The maximum Gasteiger partial charge on any atom is 0.257 e. The molecule has 4 rings (SSSR count). The van der Waals surface area contributed by atoms with Crippen LogP contribution in [0.4, 0.5) is 0 Å². The van der Waals surface area contributed by atoms with Gasteiger partial charge in [-0.3, -0.25) is 9.59 Å². The summed E-state index contributed by atoms with van der Waals surface area (Å²) in [6.07, 6.45) is 0. The second kappa shape index (κ2) is 8.32. The number of halogens is 1. The predicted molar refractivity (Wildman–Crippen MR) is 116 cm³/mol. The predicted octanol–water partition coefficient (Wildman–Crippen LogP) is 3.74. The smallest absolute Gasteiger partial charge is 0.257 e. The summed E-state index contributed by atoms with van der Waals surface area (Å²) < 4.78 is 1.81. The zero-order valence-electron chi connectivity index (χ0n) is 17.0. The van der Waals surface area contributed by atoms with Crippen LogP contribution in [0.3, 0.4) is 0 Å². The summed E-state index contributed by atoms with van der Waals surface area (Å²) in [6, 6.07) is 16.7. The molecular formula is C23H23ClN4O2. The molecule has 0 N–H and O–H groups in total. The van der Waals surface area contributed by atoms with Crippen molar-refractivity contribution in [3.05, 3.63) is 82.1 Å². The molecule has 2 amide bonds. The van der Waals surface area contributed by atoms with Crippen molar-refractivity contribution in [2.45, 2.75) is 13.8 Å². The Hall–Kier alpha value is -3.12. The van der Waals surface area contributed by atoms with Gasteiger partial charge in [0.25, 0.3) is 11.8 Å². The summed E-state index contributed by atoms with van der Waals surface area (Å²) in [5.41, 5.74) is 3.65. The number of hydrogen-bond acceptors (Lipinski definition) is 3. The van der Waals surface area contributed by atoms with Gasteiger partial charge in [0.2, 0.25) is 0 Å². The Morgan fingerprint density at radius 2 is 1.50 bits per heavy atom. The summed E-state index contributed by atoms with van der Waals surface area (Å²) in [5, 5.41) is 5.12. The van der Waals surface area contributed by atoms with Crippen LogP contribution < -0.4 is 0 Å². The van der Waals surface area contributed by atoms with E-state index in [0.717, 1.165) is 11.4 Å². The number of aromatic nitrogens is 2. The van der Waals surface area contributed by atoms with Crippen LogP contribution in [0.25, 0.3) is 5.69 Å². The van der Waals surface area contributed by atoms with Crippen molar-refractivity contribution < 1.29 is 9.59 Å². The molecule has 3 aromatic rings. The molecule has 154 valence electrons. The van der Waals surface area contributed by atoms with Crippen LogP contribution in [0.15, 0.2) is 54.6 Å². The number of carbonyl (C=O) groups is 2. The summed E-state index contributed by atoms with van der Waals surface area (Å²) in [7, 11) is 0. The third kappa shape index (κ3) is 3.83. The Morgan fingerprint density at radius 3 is 2.13 bits per heavy atom. The van der Waals surface area contributed by atoms with E-state index >= 15 is 0 Å². The molecule has 0 aliphatic carbocycles. The first-order chi connectivity index (χ1) is 14.5. The standard InChI is InChI=1S/C23H23ClN4O2/c1-16-21(17(2)28(25-16)20-9-4-3-5-10-20)23(30)27-13-11-26(12-14-27)22(29)18-7-6-8-19(24)15-18/h3-10,15H,11-14H2,1-2H3.